The average Bonchev–Trinajstić information content (AvgIpc) is 2.70. The molecule has 0 bridgehead atoms. The molecule has 27 heavy (non-hydrogen) atoms. The fraction of sp³-hybridized carbons (Fsp3) is 0.682. The predicted octanol–water partition coefficient (Wildman–Crippen LogP) is 3.69. The number of hydrogen-bond donors (Lipinski definition) is 4. The molecule has 5 N–H and O–H groups in total. The Morgan fingerprint density at radius 1 is 0.889 bits per heavy atom. The number of rotatable bonds is 13. The van der Waals surface area contributed by atoms with E-state index in [0.717, 1.165) is 12.8 Å². The van der Waals surface area contributed by atoms with Gasteiger partial charge in [-0.2, -0.15) is 0 Å². The van der Waals surface area contributed by atoms with Crippen molar-refractivity contribution in [2.45, 2.75) is 83.6 Å². The van der Waals surface area contributed by atoms with Gasteiger partial charge in [-0.1, -0.05) is 70.2 Å². The van der Waals surface area contributed by atoms with Crippen LogP contribution in [-0.4, -0.2) is 40.0 Å². The first-order chi connectivity index (χ1) is 12.9. The molecule has 0 fully saturated rings. The highest BCUT2D eigenvalue weighted by atomic mass is 16.4. The number of aliphatic carboxylic acids is 1. The van der Waals surface area contributed by atoms with Crippen molar-refractivity contribution in [3.63, 3.8) is 0 Å². The summed E-state index contributed by atoms with van der Waals surface area (Å²) in [5, 5.41) is 26.1. The van der Waals surface area contributed by atoms with E-state index in [0.29, 0.717) is 6.42 Å². The molecule has 0 amide bonds. The molecule has 0 radical (unpaired) electrons. The van der Waals surface area contributed by atoms with Crippen LogP contribution in [-0.2, 0) is 17.6 Å². The number of aryl methyl sites for hydroxylation is 2. The summed E-state index contributed by atoms with van der Waals surface area (Å²) in [5.41, 5.74) is 7.63. The lowest BCUT2D eigenvalue weighted by molar-refractivity contribution is -0.136. The molecule has 1 rings (SSSR count). The minimum Gasteiger partial charge on any atom is -0.481 e. The summed E-state index contributed by atoms with van der Waals surface area (Å²) in [6, 6.07) is 8.66. The van der Waals surface area contributed by atoms with Crippen LogP contribution in [0.25, 0.3) is 0 Å². The molecule has 5 nitrogen and oxygen atoms in total. The molecule has 0 atom stereocenters. The van der Waals surface area contributed by atoms with Crippen LogP contribution in [0, 0.1) is 0 Å². The zero-order chi connectivity index (χ0) is 20.5. The second kappa shape index (κ2) is 15.6. The maximum Gasteiger partial charge on any atom is 0.303 e. The van der Waals surface area contributed by atoms with Gasteiger partial charge in [-0.25, -0.2) is 0 Å². The molecule has 1 aromatic carbocycles. The maximum absolute atomic E-state index is 9.37. The summed E-state index contributed by atoms with van der Waals surface area (Å²) in [6.45, 7) is 3.49. The zero-order valence-electron chi connectivity index (χ0n) is 17.1. The molecular formula is C22H39NO4. The third-order valence-corrected chi connectivity index (χ3v) is 4.69. The molecular weight excluding hydrogens is 342 g/mol. The Bertz CT molecular complexity index is 484. The Balaban J connectivity index is 0.00000119. The van der Waals surface area contributed by atoms with Gasteiger partial charge in [-0.15, -0.1) is 0 Å². The Hall–Kier alpha value is -1.43. The molecule has 0 aliphatic carbocycles. The highest BCUT2D eigenvalue weighted by Gasteiger charge is 2.22. The van der Waals surface area contributed by atoms with Crippen molar-refractivity contribution in [2.75, 3.05) is 13.2 Å². The van der Waals surface area contributed by atoms with Crippen LogP contribution in [0.15, 0.2) is 24.3 Å². The van der Waals surface area contributed by atoms with Crippen molar-refractivity contribution < 1.29 is 20.1 Å². The van der Waals surface area contributed by atoms with Crippen LogP contribution < -0.4 is 5.73 Å². The fourth-order valence-corrected chi connectivity index (χ4v) is 2.58. The number of carbonyl (C=O) groups is 1. The van der Waals surface area contributed by atoms with Gasteiger partial charge in [0.05, 0.1) is 18.8 Å². The molecule has 0 spiro atoms. The van der Waals surface area contributed by atoms with E-state index in [9.17, 15) is 15.0 Å². The first kappa shape index (κ1) is 25.6. The van der Waals surface area contributed by atoms with Crippen molar-refractivity contribution in [3.8, 4) is 0 Å². The van der Waals surface area contributed by atoms with E-state index >= 15 is 0 Å². The first-order valence-electron chi connectivity index (χ1n) is 10.2. The van der Waals surface area contributed by atoms with E-state index in [1.165, 1.54) is 49.7 Å². The van der Waals surface area contributed by atoms with Gasteiger partial charge >= 0.3 is 5.97 Å². The van der Waals surface area contributed by atoms with E-state index in [1.807, 2.05) is 0 Å². The lowest BCUT2D eigenvalue weighted by Gasteiger charge is -2.24. The van der Waals surface area contributed by atoms with Crippen LogP contribution in [0.2, 0.25) is 0 Å². The molecule has 5 heteroatoms. The van der Waals surface area contributed by atoms with Crippen LogP contribution in [0.5, 0.6) is 0 Å². The van der Waals surface area contributed by atoms with Crippen molar-refractivity contribution in [3.05, 3.63) is 35.4 Å². The minimum atomic E-state index is -0.864. The molecule has 0 unspecified atom stereocenters. The number of benzene rings is 1. The van der Waals surface area contributed by atoms with Crippen LogP contribution >= 0.6 is 0 Å². The van der Waals surface area contributed by atoms with E-state index in [2.05, 4.69) is 31.2 Å². The smallest absolute Gasteiger partial charge is 0.303 e. The van der Waals surface area contributed by atoms with Gasteiger partial charge in [0.25, 0.3) is 0 Å². The standard InChI is InChI=1S/C19H33NO2.C3H6O2/c1-2-3-4-5-6-7-8-17-9-11-18(12-10-17)13-14-19(20,15-21)16-22;1-2-3(4)5/h9-12,21-22H,2-8,13-16,20H2,1H3;2H2,1H3,(H,4,5). The first-order valence-corrected chi connectivity index (χ1v) is 10.2. The van der Waals surface area contributed by atoms with Gasteiger partial charge in [0.15, 0.2) is 0 Å². The Labute approximate surface area is 164 Å². The second-order valence-corrected chi connectivity index (χ2v) is 7.26. The predicted molar refractivity (Wildman–Crippen MR) is 111 cm³/mol. The summed E-state index contributed by atoms with van der Waals surface area (Å²) in [4.78, 5) is 9.37. The third-order valence-electron chi connectivity index (χ3n) is 4.69. The van der Waals surface area contributed by atoms with Gasteiger partial charge in [-0.05, 0) is 36.8 Å². The maximum atomic E-state index is 9.37. The van der Waals surface area contributed by atoms with Crippen molar-refractivity contribution >= 4 is 5.97 Å². The monoisotopic (exact) mass is 381 g/mol. The largest absolute Gasteiger partial charge is 0.481 e. The quantitative estimate of drug-likeness (QED) is 0.390. The van der Waals surface area contributed by atoms with Gasteiger partial charge < -0.3 is 21.1 Å². The van der Waals surface area contributed by atoms with Crippen LogP contribution in [0.3, 0.4) is 0 Å². The highest BCUT2D eigenvalue weighted by Crippen LogP contribution is 2.14. The van der Waals surface area contributed by atoms with Gasteiger partial charge in [-0.3, -0.25) is 4.79 Å². The van der Waals surface area contributed by atoms with Gasteiger partial charge in [0.2, 0.25) is 0 Å². The summed E-state index contributed by atoms with van der Waals surface area (Å²) < 4.78 is 0. The van der Waals surface area contributed by atoms with E-state index < -0.39 is 11.5 Å². The van der Waals surface area contributed by atoms with Crippen molar-refractivity contribution in [1.82, 2.24) is 0 Å². The van der Waals surface area contributed by atoms with E-state index in [-0.39, 0.29) is 19.6 Å². The molecule has 156 valence electrons. The summed E-state index contributed by atoms with van der Waals surface area (Å²) in [5.74, 6) is -0.745. The fourth-order valence-electron chi connectivity index (χ4n) is 2.58. The molecule has 0 heterocycles. The van der Waals surface area contributed by atoms with Crippen molar-refractivity contribution in [2.24, 2.45) is 5.73 Å². The number of carboxylic acid groups (broad SMARTS) is 1. The van der Waals surface area contributed by atoms with Crippen molar-refractivity contribution in [1.29, 1.82) is 0 Å². The second-order valence-electron chi connectivity index (χ2n) is 7.26. The molecule has 0 saturated heterocycles. The number of carboxylic acids is 1. The van der Waals surface area contributed by atoms with E-state index in [4.69, 9.17) is 10.8 Å². The lowest BCUT2D eigenvalue weighted by atomic mass is 9.93. The van der Waals surface area contributed by atoms with Crippen LogP contribution in [0.4, 0.5) is 0 Å². The third kappa shape index (κ3) is 13.4. The highest BCUT2D eigenvalue weighted by molar-refractivity contribution is 5.66. The molecule has 0 aromatic heterocycles. The summed E-state index contributed by atoms with van der Waals surface area (Å²) >= 11 is 0. The SMILES string of the molecule is CCC(=O)O.CCCCCCCCc1ccc(CCC(N)(CO)CO)cc1. The normalized spacial score (nSPS) is 11.0. The number of aliphatic hydroxyl groups is 2. The minimum absolute atomic E-state index is 0.181. The Kier molecular flexibility index (Phi) is 14.8. The molecule has 0 saturated carbocycles. The molecule has 1 aromatic rings. The average molecular weight is 382 g/mol. The van der Waals surface area contributed by atoms with Gasteiger partial charge in [0.1, 0.15) is 0 Å². The number of aliphatic hydroxyl groups excluding tert-OH is 2. The van der Waals surface area contributed by atoms with Gasteiger partial charge in [0, 0.05) is 6.42 Å². The van der Waals surface area contributed by atoms with Crippen LogP contribution in [0.1, 0.15) is 76.3 Å². The molecule has 0 aliphatic heterocycles. The lowest BCUT2D eigenvalue weighted by Crippen LogP contribution is -2.47. The number of hydrogen-bond acceptors (Lipinski definition) is 4. The number of nitrogens with two attached hydrogens (primary N) is 1. The zero-order valence-corrected chi connectivity index (χ0v) is 17.1. The summed E-state index contributed by atoms with van der Waals surface area (Å²) in [7, 11) is 0. The topological polar surface area (TPSA) is 104 Å². The number of unbranched alkanes of at least 4 members (excludes halogenated alkanes) is 5. The van der Waals surface area contributed by atoms with E-state index in [1.54, 1.807) is 6.92 Å². The Morgan fingerprint density at radius 2 is 1.33 bits per heavy atom. The summed E-state index contributed by atoms with van der Waals surface area (Å²) in [6.07, 6.45) is 10.7. The Morgan fingerprint density at radius 3 is 1.78 bits per heavy atom. The molecule has 0 aliphatic rings.